The first-order valence-corrected chi connectivity index (χ1v) is 10.3. The lowest BCUT2D eigenvalue weighted by Gasteiger charge is -2.00. The molecule has 0 fully saturated rings. The van der Waals surface area contributed by atoms with Crippen LogP contribution in [0.1, 0.15) is 5.76 Å². The zero-order chi connectivity index (χ0) is 16.9. The van der Waals surface area contributed by atoms with E-state index in [2.05, 4.69) is 27.0 Å². The Kier molecular flexibility index (Phi) is 6.11. The van der Waals surface area contributed by atoms with Crippen molar-refractivity contribution in [1.29, 1.82) is 0 Å². The molecular formula is C18H13BrClNOS2. The maximum atomic E-state index is 5.91. The zero-order valence-corrected chi connectivity index (χ0v) is 16.7. The van der Waals surface area contributed by atoms with Crippen molar-refractivity contribution in [1.82, 2.24) is 0 Å². The predicted octanol–water partition coefficient (Wildman–Crippen LogP) is 7.32. The van der Waals surface area contributed by atoms with Crippen molar-refractivity contribution >= 4 is 63.0 Å². The number of hydrogen-bond acceptors (Lipinski definition) is 4. The minimum Gasteiger partial charge on any atom is -0.447 e. The quantitative estimate of drug-likeness (QED) is 0.308. The molecule has 0 saturated carbocycles. The third-order valence-corrected chi connectivity index (χ3v) is 6.00. The number of rotatable bonds is 5. The fourth-order valence-electron chi connectivity index (χ4n) is 1.98. The Morgan fingerprint density at radius 3 is 2.62 bits per heavy atom. The summed E-state index contributed by atoms with van der Waals surface area (Å²) in [4.78, 5) is 6.73. The number of nitrogens with zero attached hydrogens (tertiary/aromatic N) is 1. The molecule has 0 unspecified atom stereocenters. The van der Waals surface area contributed by atoms with Crippen LogP contribution in [0.5, 0.6) is 0 Å². The molecule has 2 aromatic carbocycles. The molecule has 1 heterocycles. The number of para-hydroxylation sites is 1. The zero-order valence-electron chi connectivity index (χ0n) is 12.7. The third-order valence-electron chi connectivity index (χ3n) is 3.11. The number of hydrogen-bond donors (Lipinski definition) is 0. The number of benzene rings is 2. The number of furan rings is 1. The summed E-state index contributed by atoms with van der Waals surface area (Å²) in [5.74, 6) is 0.703. The van der Waals surface area contributed by atoms with Crippen molar-refractivity contribution in [3.8, 4) is 0 Å². The van der Waals surface area contributed by atoms with Crippen LogP contribution in [0.15, 0.2) is 83.4 Å². The number of halogens is 2. The van der Waals surface area contributed by atoms with Gasteiger partial charge in [-0.1, -0.05) is 35.5 Å². The fourth-order valence-corrected chi connectivity index (χ4v) is 3.98. The van der Waals surface area contributed by atoms with E-state index in [1.807, 2.05) is 54.8 Å². The number of aliphatic imine (C=N–C) groups is 1. The first-order chi connectivity index (χ1) is 11.7. The molecule has 3 rings (SSSR count). The lowest BCUT2D eigenvalue weighted by atomic mass is 10.3. The van der Waals surface area contributed by atoms with Gasteiger partial charge >= 0.3 is 0 Å². The van der Waals surface area contributed by atoms with Crippen LogP contribution in [-0.2, 0) is 0 Å². The van der Waals surface area contributed by atoms with Gasteiger partial charge < -0.3 is 4.42 Å². The molecule has 0 aliphatic rings. The van der Waals surface area contributed by atoms with Crippen LogP contribution >= 0.6 is 51.1 Å². The Bertz CT molecular complexity index is 862. The summed E-state index contributed by atoms with van der Waals surface area (Å²) in [6.07, 6.45) is 3.78. The van der Waals surface area contributed by atoms with E-state index in [1.54, 1.807) is 18.0 Å². The van der Waals surface area contributed by atoms with Crippen LogP contribution < -0.4 is 0 Å². The van der Waals surface area contributed by atoms with Crippen molar-refractivity contribution in [2.45, 2.75) is 14.9 Å². The van der Waals surface area contributed by atoms with Crippen LogP contribution in [0, 0.1) is 0 Å². The van der Waals surface area contributed by atoms with E-state index in [0.29, 0.717) is 5.76 Å². The van der Waals surface area contributed by atoms with Gasteiger partial charge in [0, 0.05) is 20.9 Å². The molecule has 2 nitrogen and oxygen atoms in total. The highest BCUT2D eigenvalue weighted by Gasteiger charge is 2.10. The second-order valence-electron chi connectivity index (χ2n) is 4.77. The van der Waals surface area contributed by atoms with Gasteiger partial charge in [0.25, 0.3) is 0 Å². The van der Waals surface area contributed by atoms with Gasteiger partial charge in [-0.05, 0) is 58.6 Å². The lowest BCUT2D eigenvalue weighted by Crippen LogP contribution is -1.76. The van der Waals surface area contributed by atoms with Crippen LogP contribution in [0.3, 0.4) is 0 Å². The molecule has 0 atom stereocenters. The summed E-state index contributed by atoms with van der Waals surface area (Å²) in [5.41, 5.74) is 0.935. The Labute approximate surface area is 162 Å². The molecular weight excluding hydrogens is 426 g/mol. The molecule has 0 N–H and O–H groups in total. The Hall–Kier alpha value is -1.14. The highest BCUT2D eigenvalue weighted by molar-refractivity contribution is 9.10. The molecule has 6 heteroatoms. The predicted molar refractivity (Wildman–Crippen MR) is 107 cm³/mol. The van der Waals surface area contributed by atoms with Crippen molar-refractivity contribution < 1.29 is 4.42 Å². The van der Waals surface area contributed by atoms with Crippen molar-refractivity contribution in [2.75, 3.05) is 6.26 Å². The van der Waals surface area contributed by atoms with Gasteiger partial charge in [0.15, 0.2) is 5.09 Å². The average Bonchev–Trinajstić information content (AvgIpc) is 2.95. The molecule has 1 aromatic heterocycles. The second-order valence-corrected chi connectivity index (χ2v) is 7.96. The van der Waals surface area contributed by atoms with E-state index < -0.39 is 0 Å². The maximum Gasteiger partial charge on any atom is 0.179 e. The van der Waals surface area contributed by atoms with E-state index in [9.17, 15) is 0 Å². The first kappa shape index (κ1) is 17.7. The maximum absolute atomic E-state index is 5.91. The molecule has 24 heavy (non-hydrogen) atoms. The molecule has 0 bridgehead atoms. The molecule has 0 saturated heterocycles. The summed E-state index contributed by atoms with van der Waals surface area (Å²) in [5, 5.41) is 1.51. The monoisotopic (exact) mass is 437 g/mol. The van der Waals surface area contributed by atoms with E-state index >= 15 is 0 Å². The van der Waals surface area contributed by atoms with Crippen molar-refractivity contribution in [3.63, 3.8) is 0 Å². The second kappa shape index (κ2) is 8.30. The summed E-state index contributed by atoms with van der Waals surface area (Å²) < 4.78 is 6.78. The fraction of sp³-hybridized carbons (Fsp3) is 0.0556. The molecule has 0 aliphatic heterocycles. The summed E-state index contributed by atoms with van der Waals surface area (Å²) in [6.45, 7) is 0. The Balaban J connectivity index is 1.78. The largest absolute Gasteiger partial charge is 0.447 e. The van der Waals surface area contributed by atoms with Gasteiger partial charge in [-0.3, -0.25) is 4.99 Å². The topological polar surface area (TPSA) is 25.5 Å². The van der Waals surface area contributed by atoms with Crippen LogP contribution in [-0.4, -0.2) is 12.5 Å². The van der Waals surface area contributed by atoms with Crippen LogP contribution in [0.25, 0.3) is 0 Å². The van der Waals surface area contributed by atoms with Gasteiger partial charge in [-0.2, -0.15) is 0 Å². The highest BCUT2D eigenvalue weighted by Crippen LogP contribution is 2.36. The van der Waals surface area contributed by atoms with Gasteiger partial charge in [0.05, 0.1) is 16.4 Å². The Morgan fingerprint density at radius 1 is 1.12 bits per heavy atom. The normalized spacial score (nSPS) is 11.3. The molecule has 0 spiro atoms. The first-order valence-electron chi connectivity index (χ1n) is 7.05. The smallest absolute Gasteiger partial charge is 0.179 e. The molecule has 0 amide bonds. The van der Waals surface area contributed by atoms with E-state index in [-0.39, 0.29) is 0 Å². The van der Waals surface area contributed by atoms with E-state index in [0.717, 1.165) is 30.1 Å². The summed E-state index contributed by atoms with van der Waals surface area (Å²) in [7, 11) is 0. The summed E-state index contributed by atoms with van der Waals surface area (Å²) >= 11 is 12.7. The molecule has 0 aliphatic carbocycles. The van der Waals surface area contributed by atoms with Gasteiger partial charge in [0.1, 0.15) is 5.76 Å². The molecule has 3 aromatic rings. The van der Waals surface area contributed by atoms with Crippen LogP contribution in [0.2, 0.25) is 5.02 Å². The average molecular weight is 439 g/mol. The number of thioether (sulfide) groups is 1. The molecule has 122 valence electrons. The van der Waals surface area contributed by atoms with E-state index in [1.165, 1.54) is 11.8 Å². The SMILES string of the molecule is CSc1ccccc1N=Cc1cc(Br)c(Sc2ccc(Cl)cc2)o1. The van der Waals surface area contributed by atoms with Gasteiger partial charge in [-0.15, -0.1) is 11.8 Å². The van der Waals surface area contributed by atoms with Crippen LogP contribution in [0.4, 0.5) is 5.69 Å². The molecule has 0 radical (unpaired) electrons. The van der Waals surface area contributed by atoms with E-state index in [4.69, 9.17) is 16.0 Å². The van der Waals surface area contributed by atoms with Crippen molar-refractivity contribution in [3.05, 3.63) is 69.9 Å². The highest BCUT2D eigenvalue weighted by atomic mass is 79.9. The minimum atomic E-state index is 0.703. The standard InChI is InChI=1S/C18H13BrClNOS2/c1-23-17-5-3-2-4-16(17)21-11-13-10-15(19)18(22-13)24-14-8-6-12(20)7-9-14/h2-11H,1H3. The van der Waals surface area contributed by atoms with Gasteiger partial charge in [0.2, 0.25) is 0 Å². The third kappa shape index (κ3) is 4.48. The summed E-state index contributed by atoms with van der Waals surface area (Å²) in [6, 6.07) is 17.6. The lowest BCUT2D eigenvalue weighted by molar-refractivity contribution is 0.466. The Morgan fingerprint density at radius 2 is 1.88 bits per heavy atom. The van der Waals surface area contributed by atoms with Gasteiger partial charge in [-0.25, -0.2) is 0 Å². The minimum absolute atomic E-state index is 0.703. The van der Waals surface area contributed by atoms with Crippen molar-refractivity contribution in [2.24, 2.45) is 4.99 Å².